The fourth-order valence-electron chi connectivity index (χ4n) is 26.1. The highest BCUT2D eigenvalue weighted by atomic mass is 35.5. The summed E-state index contributed by atoms with van der Waals surface area (Å²) in [5.41, 5.74) is 9.54. The van der Waals surface area contributed by atoms with E-state index in [1.165, 1.54) is 28.8 Å². The maximum atomic E-state index is 15.5. The minimum Gasteiger partial charge on any atom is -0.490 e. The fourth-order valence-corrected chi connectivity index (χ4v) is 31.0. The lowest BCUT2D eigenvalue weighted by molar-refractivity contribution is -0.128. The van der Waals surface area contributed by atoms with Crippen molar-refractivity contribution in [2.75, 3.05) is 127 Å². The number of nitrogens with one attached hydrogen (secondary N) is 3. The molecule has 9 aliphatic carbocycles. The van der Waals surface area contributed by atoms with E-state index in [4.69, 9.17) is 63.2 Å². The van der Waals surface area contributed by atoms with Gasteiger partial charge in [0.15, 0.2) is 0 Å². The summed E-state index contributed by atoms with van der Waals surface area (Å²) in [4.78, 5) is 61.1. The number of halogens is 6. The van der Waals surface area contributed by atoms with Crippen LogP contribution in [-0.2, 0) is 94.6 Å². The summed E-state index contributed by atoms with van der Waals surface area (Å²) in [5.74, 6) is -0.266. The van der Waals surface area contributed by atoms with Crippen molar-refractivity contribution in [1.29, 1.82) is 0 Å². The molecule has 3 saturated carbocycles. The Labute approximate surface area is 885 Å². The number of amides is 4. The van der Waals surface area contributed by atoms with Crippen molar-refractivity contribution in [3.63, 3.8) is 0 Å². The molecule has 21 atom stereocenters. The molecule has 0 radical (unpaired) electrons. The van der Waals surface area contributed by atoms with Crippen LogP contribution in [0.1, 0.15) is 229 Å². The number of nitrogens with zero attached hydrogens (tertiary/aromatic N) is 5. The van der Waals surface area contributed by atoms with Crippen molar-refractivity contribution >= 4 is 116 Å². The number of hydrogen-bond acceptors (Lipinski definition) is 21. The third kappa shape index (κ3) is 21.1. The van der Waals surface area contributed by atoms with Gasteiger partial charge < -0.3 is 48.0 Å². The van der Waals surface area contributed by atoms with Crippen molar-refractivity contribution in [2.24, 2.45) is 71.0 Å². The molecule has 0 saturated heterocycles. The molecule has 18 aliphatic rings. The highest BCUT2D eigenvalue weighted by Gasteiger charge is 2.54. The Morgan fingerprint density at radius 3 is 1.05 bits per heavy atom. The normalized spacial score (nSPS) is 31.9. The number of benzene rings is 6. The topological polar surface area (TPSA) is 313 Å². The second kappa shape index (κ2) is 42.8. The van der Waals surface area contributed by atoms with Gasteiger partial charge in [-0.25, -0.2) is 65.3 Å². The fraction of sp³-hybridized carbons (Fsp3) is 0.589. The minimum atomic E-state index is -4.02. The first-order valence-electron chi connectivity index (χ1n) is 53.1. The standard InChI is InChI=1S/C38H47ClFN3O6S.C37H47ClFN3O7S2.C37H46ClFN2O5S/c1-22-23(2)50(46,47)41-37(45)25-8-12-34-33(18-25)43(20-38(21-49-34)13-5-6-30-31(38)10-11-32(39)35(30)40)19-26-7-9-29(26)36(28-16-27(22)17-28)48-15-14-42(4)24(3)44;1-22-23(2)51(46,47)40-36(43)24-8-12-33-32(18-24)42(20-37(21-49-33)13-5-6-29-30(37)10-11-31(38)34(29)39)19-25-7-9-28(25)35(27-16-26(22)17-27)48-15-14-41(3)50(4,44)45;1-4-5-15-45-35-27-16-26(17-27)22(2)23(3)47(43,44)40-36(42)24-9-13-33-32(18-24)41(19-25-8-10-28(25)35)20-37(21-46-33)14-6-7-29-30(37)11-12-31(38)34(29)39/h8,10-12,16,18,22-23,26-27,29,36H,5-7,9,13-15,17,19-21H2,1-4H3,(H,41,45);8,10-12,16,18,22-23,25-26,28,35H,5-7,9,13-15,17,19-21H2,1-4H3,(H,40,43);9,11-13,16,18,22-23,25-26,28,35H,4-8,10,14-15,17,19-21H2,1-3H3,(H,40,42)/t22-,23-,26+,27+,29-,36+,38+;2*22-,23-,25+,26+,28-,35+,37+/m111/s1. The van der Waals surface area contributed by atoms with Crippen LogP contribution >= 0.6 is 34.8 Å². The van der Waals surface area contributed by atoms with Crippen LogP contribution in [0.5, 0.6) is 17.2 Å². The predicted molar refractivity (Wildman–Crippen MR) is 568 cm³/mol. The second-order valence-electron chi connectivity index (χ2n) is 45.3. The first kappa shape index (κ1) is 108. The van der Waals surface area contributed by atoms with Crippen LogP contribution in [0.25, 0.3) is 0 Å². The molecule has 3 fully saturated rings. The summed E-state index contributed by atoms with van der Waals surface area (Å²) in [6.07, 6.45) is 24.2. The lowest BCUT2D eigenvalue weighted by atomic mass is 9.64. The van der Waals surface area contributed by atoms with Crippen LogP contribution in [-0.4, -0.2) is 213 Å². The van der Waals surface area contributed by atoms with Crippen molar-refractivity contribution in [3.05, 3.63) is 209 Å². The number of likely N-dealkylation sites (N-methyl/N-ethyl adjacent to an activating group) is 2. The zero-order valence-electron chi connectivity index (χ0n) is 86.3. The number of rotatable bonds is 13. The van der Waals surface area contributed by atoms with E-state index in [0.717, 1.165) is 143 Å². The van der Waals surface area contributed by atoms with Crippen molar-refractivity contribution in [2.45, 2.75) is 234 Å². The van der Waals surface area contributed by atoms with Gasteiger partial charge in [0.05, 0.1) is 105 Å². The summed E-state index contributed by atoms with van der Waals surface area (Å²) >= 11 is 18.7. The summed E-state index contributed by atoms with van der Waals surface area (Å²) in [6, 6.07) is 26.0. The van der Waals surface area contributed by atoms with Gasteiger partial charge in [0.25, 0.3) is 17.7 Å². The summed E-state index contributed by atoms with van der Waals surface area (Å²) in [6.45, 7) is 21.2. The number of hydrogen-bond donors (Lipinski definition) is 3. The highest BCUT2D eigenvalue weighted by molar-refractivity contribution is 7.91. The van der Waals surface area contributed by atoms with E-state index in [-0.39, 0.29) is 146 Å². The van der Waals surface area contributed by atoms with Crippen molar-refractivity contribution in [1.82, 2.24) is 23.4 Å². The molecule has 0 unspecified atom stereocenters. The Morgan fingerprint density at radius 2 is 0.770 bits per heavy atom. The number of fused-ring (bicyclic) bond motifs is 18. The monoisotopic (exact) mass is 2170 g/mol. The molecule has 6 aromatic carbocycles. The Morgan fingerprint density at radius 1 is 0.466 bits per heavy atom. The molecule has 9 aliphatic heterocycles. The van der Waals surface area contributed by atoms with E-state index < -0.39 is 89.8 Å². The van der Waals surface area contributed by atoms with E-state index in [1.54, 1.807) is 112 Å². The van der Waals surface area contributed by atoms with Gasteiger partial charge in [-0.3, -0.25) is 19.2 Å². The van der Waals surface area contributed by atoms with Gasteiger partial charge in [-0.05, 0) is 337 Å². The maximum absolute atomic E-state index is 15.5. The molecule has 9 heterocycles. The molecule has 3 spiro atoms. The van der Waals surface area contributed by atoms with Crippen LogP contribution in [0.3, 0.4) is 0 Å². The number of sulfonamides is 4. The van der Waals surface area contributed by atoms with Crippen LogP contribution in [0, 0.1) is 88.5 Å². The maximum Gasteiger partial charge on any atom is 0.264 e. The average molecular weight is 2180 g/mol. The molecule has 4 amide bonds. The molecular weight excluding hydrogens is 2040 g/mol. The van der Waals surface area contributed by atoms with Gasteiger partial charge in [0.1, 0.15) is 34.7 Å². The van der Waals surface area contributed by atoms with Gasteiger partial charge in [-0.15, -0.1) is 0 Å². The van der Waals surface area contributed by atoms with Gasteiger partial charge >= 0.3 is 0 Å². The van der Waals surface area contributed by atoms with E-state index in [1.807, 2.05) is 39.0 Å². The van der Waals surface area contributed by atoms with Crippen LogP contribution < -0.4 is 43.1 Å². The minimum absolute atomic E-state index is 0.00771. The number of allylic oxidation sites excluding steroid dienone is 3. The molecule has 148 heavy (non-hydrogen) atoms. The average Bonchev–Trinajstić information content (AvgIpc) is 1.54. The van der Waals surface area contributed by atoms with Gasteiger partial charge in [-0.1, -0.05) is 105 Å². The van der Waals surface area contributed by atoms with Crippen molar-refractivity contribution < 1.29 is 94.4 Å². The molecule has 0 aromatic heterocycles. The van der Waals surface area contributed by atoms with Crippen LogP contribution in [0.4, 0.5) is 30.2 Å². The Balaban J connectivity index is 0.000000140. The van der Waals surface area contributed by atoms with Crippen LogP contribution in [0.2, 0.25) is 15.1 Å². The Hall–Kier alpha value is -8.48. The van der Waals surface area contributed by atoms with Crippen LogP contribution in [0.15, 0.2) is 126 Å². The van der Waals surface area contributed by atoms with E-state index in [9.17, 15) is 52.8 Å². The zero-order valence-corrected chi connectivity index (χ0v) is 91.8. The number of carbonyl (C=O) groups excluding carboxylic acids is 4. The molecule has 3 N–H and O–H groups in total. The lowest BCUT2D eigenvalue weighted by Gasteiger charge is -2.48. The molecule has 26 nitrogen and oxygen atoms in total. The van der Waals surface area contributed by atoms with E-state index in [0.29, 0.717) is 149 Å². The Kier molecular flexibility index (Phi) is 31.2. The summed E-state index contributed by atoms with van der Waals surface area (Å²) in [5, 5.41) is -2.04. The van der Waals surface area contributed by atoms with Gasteiger partial charge in [0, 0.05) is 113 Å². The van der Waals surface area contributed by atoms with Crippen molar-refractivity contribution in [3.8, 4) is 17.2 Å². The van der Waals surface area contributed by atoms with E-state index >= 15 is 13.2 Å². The quantitative estimate of drug-likeness (QED) is 0.0714. The molecule has 802 valence electrons. The third-order valence-corrected chi connectivity index (χ3v) is 44.6. The summed E-state index contributed by atoms with van der Waals surface area (Å²) in [7, 11) is -12.0. The smallest absolute Gasteiger partial charge is 0.264 e. The number of ether oxygens (including phenoxy) is 6. The SMILES string of the molecule is CC(=O)N(C)CCO[C@H]1C2=C[C@@H](C2)[C@H](C)[C@@H](C)S(=O)(=O)NC(=O)c2ccc3c(c2)N(C[C@@H]2CC[C@H]21)C[C@@]1(CCCc2c1ccc(Cl)c2F)CO3.CCCCO[C@H]1C2=C[C@@H](C2)[C@H](C)[C@@H](C)S(=O)(=O)NC(=O)c2ccc3c(c2)N(C[C@@H]2CC[C@H]21)C[C@@]1(CCCc2c1ccc(Cl)c2F)CO3.C[C@@H]1[C@@H](C)S(=O)(=O)NC(=O)c2ccc3c(c2)N(C[C@@H]2CC[C@H]2[C@@H](OCCN(C)S(C)(=O)=O)C2=C[C@H]1C2)C[C@@]1(CCCc2c1ccc(Cl)c2F)CO3. The predicted octanol–water partition coefficient (Wildman–Crippen LogP) is 18.4. The number of carbonyl (C=O) groups is 4. The number of anilines is 3. The largest absolute Gasteiger partial charge is 0.490 e. The highest BCUT2D eigenvalue weighted by Crippen LogP contribution is 2.57. The molecule has 24 rings (SSSR count). The second-order valence-corrected chi connectivity index (χ2v) is 54.7. The van der Waals surface area contributed by atoms with Gasteiger partial charge in [0.2, 0.25) is 46.0 Å². The van der Waals surface area contributed by atoms with E-state index in [2.05, 4.69) is 54.0 Å². The first-order valence-corrected chi connectivity index (χ1v) is 60.7. The molecule has 12 bridgehead atoms. The summed E-state index contributed by atoms with van der Waals surface area (Å²) < 4.78 is 199. The molecule has 36 heteroatoms. The zero-order chi connectivity index (χ0) is 105. The molecular formula is C112H140Cl3F3N8O18S4. The van der Waals surface area contributed by atoms with Gasteiger partial charge in [-0.2, -0.15) is 0 Å². The third-order valence-electron chi connectivity index (χ3n) is 36.7. The lowest BCUT2D eigenvalue weighted by Crippen LogP contribution is -2.51. The molecule has 6 aromatic rings. The Bertz CT molecular complexity index is 6760. The first-order chi connectivity index (χ1) is 70.4. The number of unbranched alkanes of at least 4 members (excludes halogenated alkanes) is 1.